The average Bonchev–Trinajstić information content (AvgIpc) is 2.76. The molecule has 0 bridgehead atoms. The highest BCUT2D eigenvalue weighted by atomic mass is 35.5. The summed E-state index contributed by atoms with van der Waals surface area (Å²) in [6.07, 6.45) is 3.33. The number of aromatic nitrogens is 2. The van der Waals surface area contributed by atoms with Gasteiger partial charge in [0, 0.05) is 23.6 Å². The lowest BCUT2D eigenvalue weighted by Gasteiger charge is -2.23. The first-order valence-electron chi connectivity index (χ1n) is 6.69. The van der Waals surface area contributed by atoms with E-state index in [-0.39, 0.29) is 6.23 Å². The second-order valence-electron chi connectivity index (χ2n) is 5.01. The van der Waals surface area contributed by atoms with Gasteiger partial charge in [0.05, 0.1) is 11.2 Å². The minimum atomic E-state index is 0.0223. The largest absolute Gasteiger partial charge is 0.356 e. The number of benzene rings is 1. The van der Waals surface area contributed by atoms with Crippen LogP contribution in [-0.2, 0) is 11.3 Å². The van der Waals surface area contributed by atoms with Crippen molar-refractivity contribution in [2.45, 2.75) is 39.0 Å². The second kappa shape index (κ2) is 5.12. The molecule has 0 spiro atoms. The van der Waals surface area contributed by atoms with Gasteiger partial charge in [-0.2, -0.15) is 5.10 Å². The summed E-state index contributed by atoms with van der Waals surface area (Å²) in [5.41, 5.74) is 8.87. The molecule has 2 N–H and O–H groups in total. The first-order chi connectivity index (χ1) is 9.20. The third kappa shape index (κ3) is 2.24. The van der Waals surface area contributed by atoms with Gasteiger partial charge in [0.2, 0.25) is 0 Å². The van der Waals surface area contributed by atoms with Crippen molar-refractivity contribution in [1.29, 1.82) is 0 Å². The molecule has 19 heavy (non-hydrogen) atoms. The average molecular weight is 280 g/mol. The number of rotatable bonds is 2. The molecule has 1 aliphatic rings. The van der Waals surface area contributed by atoms with E-state index in [4.69, 9.17) is 22.1 Å². The third-order valence-corrected chi connectivity index (χ3v) is 3.90. The van der Waals surface area contributed by atoms with E-state index < -0.39 is 0 Å². The molecule has 1 atom stereocenters. The number of hydrogen-bond acceptors (Lipinski definition) is 3. The van der Waals surface area contributed by atoms with Crippen molar-refractivity contribution in [3.63, 3.8) is 0 Å². The lowest BCUT2D eigenvalue weighted by Crippen LogP contribution is -2.19. The number of fused-ring (bicyclic) bond motifs is 1. The summed E-state index contributed by atoms with van der Waals surface area (Å²) >= 11 is 6.19. The van der Waals surface area contributed by atoms with Crippen molar-refractivity contribution < 1.29 is 4.74 Å². The Hall–Kier alpha value is -1.10. The second-order valence-corrected chi connectivity index (χ2v) is 5.45. The van der Waals surface area contributed by atoms with Crippen LogP contribution in [0.3, 0.4) is 0 Å². The fourth-order valence-corrected chi connectivity index (χ4v) is 3.04. The highest BCUT2D eigenvalue weighted by Gasteiger charge is 2.21. The Morgan fingerprint density at radius 1 is 1.47 bits per heavy atom. The summed E-state index contributed by atoms with van der Waals surface area (Å²) < 4.78 is 7.79. The normalized spacial score (nSPS) is 20.1. The van der Waals surface area contributed by atoms with Gasteiger partial charge in [-0.3, -0.25) is 0 Å². The van der Waals surface area contributed by atoms with Crippen LogP contribution in [0, 0.1) is 6.92 Å². The van der Waals surface area contributed by atoms with E-state index in [9.17, 15) is 0 Å². The summed E-state index contributed by atoms with van der Waals surface area (Å²) in [6, 6.07) is 3.87. The SMILES string of the molecule is Cc1nn(C2CCCCO2)c2cc(Cl)cc(CN)c12. The summed E-state index contributed by atoms with van der Waals surface area (Å²) in [5.74, 6) is 0. The van der Waals surface area contributed by atoms with E-state index in [1.165, 1.54) is 6.42 Å². The molecule has 2 aromatic rings. The van der Waals surface area contributed by atoms with Gasteiger partial charge in [-0.05, 0) is 43.9 Å². The van der Waals surface area contributed by atoms with Gasteiger partial charge in [-0.1, -0.05) is 11.6 Å². The first-order valence-corrected chi connectivity index (χ1v) is 7.07. The van der Waals surface area contributed by atoms with Crippen molar-refractivity contribution >= 4 is 22.5 Å². The number of hydrogen-bond donors (Lipinski definition) is 1. The number of aryl methyl sites for hydroxylation is 1. The number of halogens is 1. The quantitative estimate of drug-likeness (QED) is 0.919. The summed E-state index contributed by atoms with van der Waals surface area (Å²) in [4.78, 5) is 0. The maximum Gasteiger partial charge on any atom is 0.150 e. The van der Waals surface area contributed by atoms with Crippen molar-refractivity contribution in [2.24, 2.45) is 5.73 Å². The van der Waals surface area contributed by atoms with Gasteiger partial charge in [0.25, 0.3) is 0 Å². The molecule has 4 nitrogen and oxygen atoms in total. The van der Waals surface area contributed by atoms with Gasteiger partial charge in [-0.15, -0.1) is 0 Å². The van der Waals surface area contributed by atoms with Gasteiger partial charge in [0.1, 0.15) is 0 Å². The van der Waals surface area contributed by atoms with E-state index in [1.54, 1.807) is 0 Å². The smallest absolute Gasteiger partial charge is 0.150 e. The van der Waals surface area contributed by atoms with Crippen LogP contribution >= 0.6 is 11.6 Å². The van der Waals surface area contributed by atoms with Gasteiger partial charge in [-0.25, -0.2) is 4.68 Å². The highest BCUT2D eigenvalue weighted by molar-refractivity contribution is 6.31. The molecule has 1 unspecified atom stereocenters. The molecule has 0 aliphatic carbocycles. The van der Waals surface area contributed by atoms with Gasteiger partial charge >= 0.3 is 0 Å². The molecule has 102 valence electrons. The van der Waals surface area contributed by atoms with Crippen LogP contribution in [0.2, 0.25) is 5.02 Å². The monoisotopic (exact) mass is 279 g/mol. The number of nitrogens with two attached hydrogens (primary N) is 1. The van der Waals surface area contributed by atoms with Crippen molar-refractivity contribution in [2.75, 3.05) is 6.61 Å². The van der Waals surface area contributed by atoms with Gasteiger partial charge in [0.15, 0.2) is 6.23 Å². The Morgan fingerprint density at radius 2 is 2.32 bits per heavy atom. The molecule has 1 fully saturated rings. The zero-order valence-corrected chi connectivity index (χ0v) is 11.8. The van der Waals surface area contributed by atoms with Crippen molar-refractivity contribution in [3.8, 4) is 0 Å². The molecule has 0 saturated carbocycles. The fourth-order valence-electron chi connectivity index (χ4n) is 2.81. The zero-order chi connectivity index (χ0) is 13.4. The van der Waals surface area contributed by atoms with E-state index >= 15 is 0 Å². The predicted molar refractivity (Wildman–Crippen MR) is 76.2 cm³/mol. The predicted octanol–water partition coefficient (Wildman–Crippen LogP) is 3.16. The molecule has 0 radical (unpaired) electrons. The summed E-state index contributed by atoms with van der Waals surface area (Å²) in [5, 5.41) is 6.45. The van der Waals surface area contributed by atoms with Gasteiger partial charge < -0.3 is 10.5 Å². The molecule has 1 aromatic carbocycles. The third-order valence-electron chi connectivity index (χ3n) is 3.68. The molecule has 0 amide bonds. The summed E-state index contributed by atoms with van der Waals surface area (Å²) in [6.45, 7) is 3.28. The fraction of sp³-hybridized carbons (Fsp3) is 0.500. The molecule has 1 saturated heterocycles. The Bertz CT molecular complexity index is 602. The molecule has 3 rings (SSSR count). The van der Waals surface area contributed by atoms with Crippen LogP contribution in [-0.4, -0.2) is 16.4 Å². The van der Waals surface area contributed by atoms with E-state index in [0.717, 1.165) is 41.6 Å². The Balaban J connectivity index is 2.17. The van der Waals surface area contributed by atoms with Crippen LogP contribution in [0.25, 0.3) is 10.9 Å². The maximum absolute atomic E-state index is 6.19. The Kier molecular flexibility index (Phi) is 3.48. The Morgan fingerprint density at radius 3 is 3.00 bits per heavy atom. The van der Waals surface area contributed by atoms with E-state index in [1.807, 2.05) is 23.7 Å². The molecular weight excluding hydrogens is 262 g/mol. The van der Waals surface area contributed by atoms with Crippen LogP contribution < -0.4 is 5.73 Å². The topological polar surface area (TPSA) is 53.1 Å². The van der Waals surface area contributed by atoms with Crippen LogP contribution in [0.15, 0.2) is 12.1 Å². The zero-order valence-electron chi connectivity index (χ0n) is 11.0. The van der Waals surface area contributed by atoms with Crippen molar-refractivity contribution in [1.82, 2.24) is 9.78 Å². The molecule has 1 aliphatic heterocycles. The first kappa shape index (κ1) is 12.9. The van der Waals surface area contributed by atoms with E-state index in [2.05, 4.69) is 5.10 Å². The molecule has 1 aromatic heterocycles. The highest BCUT2D eigenvalue weighted by Crippen LogP contribution is 2.31. The van der Waals surface area contributed by atoms with Crippen LogP contribution in [0.1, 0.15) is 36.7 Å². The lowest BCUT2D eigenvalue weighted by molar-refractivity contribution is -0.0368. The maximum atomic E-state index is 6.19. The molecular formula is C14H18ClN3O. The molecule has 2 heterocycles. The minimum absolute atomic E-state index is 0.0223. The summed E-state index contributed by atoms with van der Waals surface area (Å²) in [7, 11) is 0. The lowest BCUT2D eigenvalue weighted by atomic mass is 10.1. The van der Waals surface area contributed by atoms with Crippen LogP contribution in [0.5, 0.6) is 0 Å². The standard InChI is InChI=1S/C14H18ClN3O/c1-9-14-10(8-16)6-11(15)7-12(14)18(17-9)13-4-2-3-5-19-13/h6-7,13H,2-5,8,16H2,1H3. The number of ether oxygens (including phenoxy) is 1. The van der Waals surface area contributed by atoms with Crippen molar-refractivity contribution in [3.05, 3.63) is 28.4 Å². The molecule has 5 heteroatoms. The minimum Gasteiger partial charge on any atom is -0.356 e. The Labute approximate surface area is 117 Å². The van der Waals surface area contributed by atoms with E-state index in [0.29, 0.717) is 11.6 Å². The van der Waals surface area contributed by atoms with Crippen LogP contribution in [0.4, 0.5) is 0 Å². The number of nitrogens with zero attached hydrogens (tertiary/aromatic N) is 2.